The van der Waals surface area contributed by atoms with E-state index >= 15 is 0 Å². The summed E-state index contributed by atoms with van der Waals surface area (Å²) in [4.78, 5) is 16.1. The largest absolute Gasteiger partial charge is 0.299 e. The van der Waals surface area contributed by atoms with Crippen LogP contribution < -0.4 is 5.56 Å². The normalized spacial score (nSPS) is 21.3. The quantitative estimate of drug-likeness (QED) is 0.754. The van der Waals surface area contributed by atoms with Crippen LogP contribution in [0.3, 0.4) is 0 Å². The van der Waals surface area contributed by atoms with Crippen molar-refractivity contribution in [1.82, 2.24) is 9.55 Å². The molecule has 2 aliphatic carbocycles. The lowest BCUT2D eigenvalue weighted by Gasteiger charge is -2.25. The molecule has 0 radical (unpaired) electrons. The van der Waals surface area contributed by atoms with Crippen LogP contribution in [-0.4, -0.2) is 9.55 Å². The molecule has 15 heavy (non-hydrogen) atoms. The second-order valence-electron chi connectivity index (χ2n) is 4.88. The molecule has 0 N–H and O–H groups in total. The van der Waals surface area contributed by atoms with Gasteiger partial charge in [-0.2, -0.15) is 0 Å². The van der Waals surface area contributed by atoms with Crippen molar-refractivity contribution in [3.05, 3.63) is 28.4 Å². The van der Waals surface area contributed by atoms with Gasteiger partial charge in [0.2, 0.25) is 0 Å². The molecule has 3 nitrogen and oxygen atoms in total. The van der Waals surface area contributed by atoms with Crippen LogP contribution in [0.25, 0.3) is 0 Å². The molecule has 0 unspecified atom stereocenters. The summed E-state index contributed by atoms with van der Waals surface area (Å²) in [6, 6.07) is 1.73. The van der Waals surface area contributed by atoms with E-state index in [-0.39, 0.29) is 5.56 Å². The van der Waals surface area contributed by atoms with E-state index in [0.717, 1.165) is 18.2 Å². The average Bonchev–Trinajstić information content (AvgIpc) is 2.96. The Kier molecular flexibility index (Phi) is 2.11. The third kappa shape index (κ3) is 1.83. The Morgan fingerprint density at radius 1 is 1.33 bits per heavy atom. The lowest BCUT2D eigenvalue weighted by molar-refractivity contribution is 0.272. The van der Waals surface area contributed by atoms with Gasteiger partial charge in [-0.3, -0.25) is 9.36 Å². The Balaban J connectivity index is 1.79. The van der Waals surface area contributed by atoms with E-state index in [4.69, 9.17) is 0 Å². The van der Waals surface area contributed by atoms with Gasteiger partial charge in [0.15, 0.2) is 0 Å². The van der Waals surface area contributed by atoms with Crippen LogP contribution >= 0.6 is 0 Å². The van der Waals surface area contributed by atoms with Crippen LogP contribution in [0.15, 0.2) is 17.2 Å². The van der Waals surface area contributed by atoms with E-state index in [9.17, 15) is 4.79 Å². The van der Waals surface area contributed by atoms with E-state index in [2.05, 4.69) is 4.98 Å². The standard InChI is InChI=1S/C12H16N2O/c15-12-6-11(10-4-5-10)13-8-14(12)7-9-2-1-3-9/h6,8-10H,1-5,7H2. The summed E-state index contributed by atoms with van der Waals surface area (Å²) in [5.41, 5.74) is 1.14. The zero-order valence-corrected chi connectivity index (χ0v) is 8.85. The highest BCUT2D eigenvalue weighted by molar-refractivity contribution is 5.12. The summed E-state index contributed by atoms with van der Waals surface area (Å²) in [6.07, 6.45) is 8.03. The van der Waals surface area contributed by atoms with E-state index in [1.807, 2.05) is 0 Å². The summed E-state index contributed by atoms with van der Waals surface area (Å²) in [5.74, 6) is 1.30. The second kappa shape index (κ2) is 3.47. The minimum absolute atomic E-state index is 0.138. The molecule has 0 aromatic carbocycles. The number of hydrogen-bond acceptors (Lipinski definition) is 2. The van der Waals surface area contributed by atoms with E-state index < -0.39 is 0 Å². The maximum atomic E-state index is 11.8. The van der Waals surface area contributed by atoms with Crippen LogP contribution in [0.1, 0.15) is 43.7 Å². The number of rotatable bonds is 3. The highest BCUT2D eigenvalue weighted by Crippen LogP contribution is 2.38. The summed E-state index contributed by atoms with van der Waals surface area (Å²) in [6.45, 7) is 0.872. The minimum atomic E-state index is 0.138. The maximum Gasteiger partial charge on any atom is 0.253 e. The molecule has 2 fully saturated rings. The summed E-state index contributed by atoms with van der Waals surface area (Å²) in [5, 5.41) is 0. The van der Waals surface area contributed by atoms with Gasteiger partial charge in [0.25, 0.3) is 5.56 Å². The van der Waals surface area contributed by atoms with Gasteiger partial charge in [0, 0.05) is 18.5 Å². The molecular weight excluding hydrogens is 188 g/mol. The molecular formula is C12H16N2O. The molecule has 0 atom stereocenters. The molecule has 1 aromatic heterocycles. The van der Waals surface area contributed by atoms with E-state index in [1.54, 1.807) is 17.0 Å². The van der Waals surface area contributed by atoms with Gasteiger partial charge in [0.05, 0.1) is 12.0 Å². The van der Waals surface area contributed by atoms with E-state index in [1.165, 1.54) is 32.1 Å². The van der Waals surface area contributed by atoms with Crippen LogP contribution in [0, 0.1) is 5.92 Å². The molecule has 0 saturated heterocycles. The van der Waals surface area contributed by atoms with Gasteiger partial charge >= 0.3 is 0 Å². The van der Waals surface area contributed by atoms with Gasteiger partial charge in [-0.25, -0.2) is 4.98 Å². The Morgan fingerprint density at radius 2 is 2.13 bits per heavy atom. The van der Waals surface area contributed by atoms with Crippen LogP contribution in [0.5, 0.6) is 0 Å². The maximum absolute atomic E-state index is 11.8. The van der Waals surface area contributed by atoms with Crippen molar-refractivity contribution in [2.24, 2.45) is 5.92 Å². The van der Waals surface area contributed by atoms with Crippen molar-refractivity contribution in [3.8, 4) is 0 Å². The Labute approximate surface area is 89.2 Å². The van der Waals surface area contributed by atoms with Crippen molar-refractivity contribution in [1.29, 1.82) is 0 Å². The summed E-state index contributed by atoms with van der Waals surface area (Å²) in [7, 11) is 0. The predicted octanol–water partition coefficient (Wildman–Crippen LogP) is 1.92. The van der Waals surface area contributed by atoms with Gasteiger partial charge in [-0.1, -0.05) is 6.42 Å². The Hall–Kier alpha value is -1.12. The number of hydrogen-bond donors (Lipinski definition) is 0. The highest BCUT2D eigenvalue weighted by atomic mass is 16.1. The Bertz CT molecular complexity index is 416. The van der Waals surface area contributed by atoms with Crippen LogP contribution in [0.4, 0.5) is 0 Å². The van der Waals surface area contributed by atoms with Gasteiger partial charge in [-0.05, 0) is 31.6 Å². The molecule has 1 heterocycles. The molecule has 1 aromatic rings. The second-order valence-corrected chi connectivity index (χ2v) is 4.88. The van der Waals surface area contributed by atoms with Gasteiger partial charge < -0.3 is 0 Å². The third-order valence-electron chi connectivity index (χ3n) is 3.58. The lowest BCUT2D eigenvalue weighted by atomic mass is 9.85. The van der Waals surface area contributed by atoms with E-state index in [0.29, 0.717) is 5.92 Å². The first-order chi connectivity index (χ1) is 7.33. The zero-order chi connectivity index (χ0) is 10.3. The van der Waals surface area contributed by atoms with Crippen LogP contribution in [0.2, 0.25) is 0 Å². The molecule has 3 heteroatoms. The van der Waals surface area contributed by atoms with Crippen molar-refractivity contribution >= 4 is 0 Å². The van der Waals surface area contributed by atoms with Crippen molar-refractivity contribution in [2.45, 2.75) is 44.6 Å². The average molecular weight is 204 g/mol. The number of aromatic nitrogens is 2. The molecule has 0 bridgehead atoms. The molecule has 3 rings (SSSR count). The molecule has 2 aliphatic rings. The van der Waals surface area contributed by atoms with Crippen molar-refractivity contribution in [2.75, 3.05) is 0 Å². The SMILES string of the molecule is O=c1cc(C2CC2)ncn1CC1CCC1. The zero-order valence-electron chi connectivity index (χ0n) is 8.85. The lowest BCUT2D eigenvalue weighted by Crippen LogP contribution is -2.27. The van der Waals surface area contributed by atoms with Crippen molar-refractivity contribution < 1.29 is 0 Å². The van der Waals surface area contributed by atoms with Crippen LogP contribution in [-0.2, 0) is 6.54 Å². The smallest absolute Gasteiger partial charge is 0.253 e. The molecule has 80 valence electrons. The molecule has 0 amide bonds. The fraction of sp³-hybridized carbons (Fsp3) is 0.667. The third-order valence-corrected chi connectivity index (χ3v) is 3.58. The first kappa shape index (κ1) is 9.13. The Morgan fingerprint density at radius 3 is 2.67 bits per heavy atom. The fourth-order valence-corrected chi connectivity index (χ4v) is 2.13. The first-order valence-corrected chi connectivity index (χ1v) is 5.89. The van der Waals surface area contributed by atoms with Gasteiger partial charge in [-0.15, -0.1) is 0 Å². The van der Waals surface area contributed by atoms with Gasteiger partial charge in [0.1, 0.15) is 0 Å². The fourth-order valence-electron chi connectivity index (χ4n) is 2.13. The van der Waals surface area contributed by atoms with Crippen molar-refractivity contribution in [3.63, 3.8) is 0 Å². The predicted molar refractivity (Wildman–Crippen MR) is 57.8 cm³/mol. The molecule has 2 saturated carbocycles. The monoisotopic (exact) mass is 204 g/mol. The minimum Gasteiger partial charge on any atom is -0.299 e. The topological polar surface area (TPSA) is 34.9 Å². The highest BCUT2D eigenvalue weighted by Gasteiger charge is 2.25. The summed E-state index contributed by atoms with van der Waals surface area (Å²) < 4.78 is 1.77. The number of nitrogens with zero attached hydrogens (tertiary/aromatic N) is 2. The molecule has 0 aliphatic heterocycles. The summed E-state index contributed by atoms with van der Waals surface area (Å²) >= 11 is 0. The first-order valence-electron chi connectivity index (χ1n) is 5.89. The molecule has 0 spiro atoms.